The molecule has 0 aromatic rings. The van der Waals surface area contributed by atoms with Gasteiger partial charge in [0, 0.05) is 0 Å². The molecule has 0 rings (SSSR count). The molecule has 7 heavy (non-hydrogen) atoms. The predicted octanol–water partition coefficient (Wildman–Crippen LogP) is -3.84. The molecule has 0 bridgehead atoms. The molecule has 0 atom stereocenters. The van der Waals surface area contributed by atoms with Crippen molar-refractivity contribution in [3.63, 3.8) is 0 Å². The second kappa shape index (κ2) is 16.4. The zero-order valence-electron chi connectivity index (χ0n) is 4.96. The Bertz CT molecular complexity index is 40.3. The molecule has 6 heteroatoms. The maximum Gasteiger partial charge on any atom is 1.00 e. The molecule has 5 nitrogen and oxygen atoms in total. The van der Waals surface area contributed by atoms with Crippen molar-refractivity contribution in [2.45, 2.75) is 0 Å². The summed E-state index contributed by atoms with van der Waals surface area (Å²) < 4.78 is 0. The Balaban J connectivity index is -0.0000000183. The first-order valence-corrected chi connectivity index (χ1v) is 0.981. The van der Waals surface area contributed by atoms with Crippen LogP contribution in [0.3, 0.4) is 0 Å². The average molecular weight is 118 g/mol. The van der Waals surface area contributed by atoms with Crippen LogP contribution >= 0.6 is 0 Å². The fourth-order valence-corrected chi connectivity index (χ4v) is 0. The Morgan fingerprint density at radius 2 is 1.43 bits per heavy atom. The minimum absolute atomic E-state index is 0. The van der Waals surface area contributed by atoms with Crippen molar-refractivity contribution in [2.75, 3.05) is 0 Å². The quantitative estimate of drug-likeness (QED) is 0.148. The molecular weight excluding hydrogens is 111 g/mol. The number of amides is 2. The van der Waals surface area contributed by atoms with E-state index in [2.05, 4.69) is 11.5 Å². The smallest absolute Gasteiger partial charge is 1.00 e. The second-order valence-electron chi connectivity index (χ2n) is 0.402. The van der Waals surface area contributed by atoms with Gasteiger partial charge in [0.05, 0.1) is 0 Å². The van der Waals surface area contributed by atoms with Gasteiger partial charge in [-0.1, -0.05) is 0 Å². The van der Waals surface area contributed by atoms with E-state index in [1.807, 2.05) is 0 Å². The van der Waals surface area contributed by atoms with E-state index >= 15 is 0 Å². The summed E-state index contributed by atoms with van der Waals surface area (Å²) in [5.41, 5.74) is 8.50. The number of carbonyl (C=O) groups is 1. The molecule has 0 radical (unpaired) electrons. The molecule has 0 saturated heterocycles. The third kappa shape index (κ3) is 3010. The molecule has 2 amide bonds. The number of primary amides is 2. The molecule has 0 aliphatic rings. The van der Waals surface area contributed by atoms with Gasteiger partial charge in [-0.05, 0) is 0 Å². The largest absolute Gasteiger partial charge is 1.00 e. The Labute approximate surface area is 64.0 Å². The zero-order chi connectivity index (χ0) is 5.58. The molecule has 0 saturated carbocycles. The van der Waals surface area contributed by atoms with Crippen LogP contribution in [0.5, 0.6) is 0 Å². The Morgan fingerprint density at radius 3 is 1.43 bits per heavy atom. The van der Waals surface area contributed by atoms with Crippen LogP contribution in [0.1, 0.15) is 1.43 Å². The molecule has 0 heterocycles. The van der Waals surface area contributed by atoms with Gasteiger partial charge in [0.1, 0.15) is 0 Å². The van der Waals surface area contributed by atoms with Crippen molar-refractivity contribution in [3.05, 3.63) is 0 Å². The topological polar surface area (TPSA) is 110 Å². The van der Waals surface area contributed by atoms with Crippen molar-refractivity contribution in [1.82, 2.24) is 0 Å². The van der Waals surface area contributed by atoms with E-state index < -0.39 is 6.03 Å². The maximum absolute atomic E-state index is 9.00. The van der Waals surface area contributed by atoms with Crippen molar-refractivity contribution in [2.24, 2.45) is 11.5 Å². The fourth-order valence-electron chi connectivity index (χ4n) is 0. The first kappa shape index (κ1) is 15.7. The van der Waals surface area contributed by atoms with Crippen LogP contribution in [-0.4, -0.2) is 16.5 Å². The minimum Gasteiger partial charge on any atom is -1.00 e. The SMILES string of the molecule is NC(N)=O.OO.[H-].[Na+]. The van der Waals surface area contributed by atoms with Crippen LogP contribution in [0.2, 0.25) is 0 Å². The van der Waals surface area contributed by atoms with E-state index in [1.165, 1.54) is 0 Å². The normalized spacial score (nSPS) is 4.29. The summed E-state index contributed by atoms with van der Waals surface area (Å²) in [5, 5.41) is 12.0. The van der Waals surface area contributed by atoms with Gasteiger partial charge in [-0.15, -0.1) is 0 Å². The van der Waals surface area contributed by atoms with Crippen LogP contribution in [0.15, 0.2) is 0 Å². The number of hydrogen-bond acceptors (Lipinski definition) is 3. The summed E-state index contributed by atoms with van der Waals surface area (Å²) in [6.07, 6.45) is 0. The van der Waals surface area contributed by atoms with Gasteiger partial charge in [0.2, 0.25) is 0 Å². The first-order chi connectivity index (χ1) is 2.73. The van der Waals surface area contributed by atoms with Crippen LogP contribution in [0.4, 0.5) is 4.79 Å². The molecule has 6 N–H and O–H groups in total. The third-order valence-corrected chi connectivity index (χ3v) is 0. The second-order valence-corrected chi connectivity index (χ2v) is 0.402. The van der Waals surface area contributed by atoms with Crippen LogP contribution in [0, 0.1) is 0 Å². The Morgan fingerprint density at radius 1 is 1.43 bits per heavy atom. The molecule has 0 aromatic carbocycles. The summed E-state index contributed by atoms with van der Waals surface area (Å²) in [6, 6.07) is -0.833. The van der Waals surface area contributed by atoms with Gasteiger partial charge in [-0.3, -0.25) is 10.5 Å². The first-order valence-electron chi connectivity index (χ1n) is 0.981. The van der Waals surface area contributed by atoms with E-state index in [-0.39, 0.29) is 31.0 Å². The summed E-state index contributed by atoms with van der Waals surface area (Å²) >= 11 is 0. The number of urea groups is 1. The monoisotopic (exact) mass is 118 g/mol. The zero-order valence-corrected chi connectivity index (χ0v) is 5.96. The van der Waals surface area contributed by atoms with E-state index in [9.17, 15) is 0 Å². The van der Waals surface area contributed by atoms with Crippen LogP contribution in [-0.2, 0) is 0 Å². The molecule has 0 aliphatic carbocycles. The summed E-state index contributed by atoms with van der Waals surface area (Å²) in [7, 11) is 0. The summed E-state index contributed by atoms with van der Waals surface area (Å²) in [4.78, 5) is 9.00. The molecular formula is CH7N2NaO3. The summed E-state index contributed by atoms with van der Waals surface area (Å²) in [5.74, 6) is 0. The fraction of sp³-hybridized carbons (Fsp3) is 0. The van der Waals surface area contributed by atoms with E-state index in [4.69, 9.17) is 15.3 Å². The minimum atomic E-state index is -0.833. The van der Waals surface area contributed by atoms with Crippen molar-refractivity contribution >= 4 is 6.03 Å². The van der Waals surface area contributed by atoms with E-state index in [0.29, 0.717) is 0 Å². The van der Waals surface area contributed by atoms with Crippen molar-refractivity contribution < 1.29 is 46.3 Å². The molecule has 40 valence electrons. The summed E-state index contributed by atoms with van der Waals surface area (Å²) in [6.45, 7) is 0. The molecule has 0 spiro atoms. The number of hydrogen-bond donors (Lipinski definition) is 4. The van der Waals surface area contributed by atoms with E-state index in [1.54, 1.807) is 0 Å². The van der Waals surface area contributed by atoms with Crippen LogP contribution in [0.25, 0.3) is 0 Å². The Kier molecular flexibility index (Phi) is 36.7. The van der Waals surface area contributed by atoms with Gasteiger partial charge >= 0.3 is 35.6 Å². The van der Waals surface area contributed by atoms with Crippen LogP contribution < -0.4 is 41.0 Å². The molecule has 0 aromatic heterocycles. The van der Waals surface area contributed by atoms with Gasteiger partial charge in [-0.25, -0.2) is 4.79 Å². The number of carbonyl (C=O) groups excluding carboxylic acids is 1. The maximum atomic E-state index is 9.00. The van der Waals surface area contributed by atoms with Gasteiger partial charge < -0.3 is 12.9 Å². The van der Waals surface area contributed by atoms with Gasteiger partial charge in [0.15, 0.2) is 0 Å². The molecule has 0 fully saturated rings. The van der Waals surface area contributed by atoms with Gasteiger partial charge in [-0.2, -0.15) is 0 Å². The Hall–Kier alpha value is 0.190. The average Bonchev–Trinajstić information content (AvgIpc) is 1.41. The number of nitrogens with two attached hydrogens (primary N) is 2. The van der Waals surface area contributed by atoms with Gasteiger partial charge in [0.25, 0.3) is 0 Å². The van der Waals surface area contributed by atoms with Crippen molar-refractivity contribution in [3.8, 4) is 0 Å². The third-order valence-electron chi connectivity index (χ3n) is 0. The van der Waals surface area contributed by atoms with Crippen molar-refractivity contribution in [1.29, 1.82) is 0 Å². The van der Waals surface area contributed by atoms with E-state index in [0.717, 1.165) is 0 Å². The standard InChI is InChI=1S/CH4N2O.Na.H2O2.H/c2-1(3)4;;1-2;/h(H4,2,3,4);;1-2H;/q;+1;;-1. The molecule has 0 unspecified atom stereocenters. The number of rotatable bonds is 0. The molecule has 0 aliphatic heterocycles. The predicted molar refractivity (Wildman–Crippen MR) is 20.1 cm³/mol.